The lowest BCUT2D eigenvalue weighted by atomic mass is 9.90. The summed E-state index contributed by atoms with van der Waals surface area (Å²) in [5, 5.41) is 3.58. The van der Waals surface area contributed by atoms with Gasteiger partial charge in [0.15, 0.2) is 0 Å². The van der Waals surface area contributed by atoms with E-state index in [0.717, 1.165) is 56.0 Å². The van der Waals surface area contributed by atoms with E-state index in [-0.39, 0.29) is 0 Å². The van der Waals surface area contributed by atoms with Crippen molar-refractivity contribution in [2.24, 2.45) is 0 Å². The second-order valence-electron chi connectivity index (χ2n) is 12.6. The molecular formula is C48H32N2. The molecule has 0 saturated heterocycles. The topological polar surface area (TPSA) is 25.8 Å². The van der Waals surface area contributed by atoms with Crippen LogP contribution >= 0.6 is 0 Å². The van der Waals surface area contributed by atoms with Gasteiger partial charge in [-0.15, -0.1) is 0 Å². The van der Waals surface area contributed by atoms with Gasteiger partial charge in [0.1, 0.15) is 0 Å². The molecule has 2 heteroatoms. The highest BCUT2D eigenvalue weighted by molar-refractivity contribution is 6.18. The van der Waals surface area contributed by atoms with Crippen LogP contribution in [0.3, 0.4) is 0 Å². The Morgan fingerprint density at radius 1 is 0.260 bits per heavy atom. The number of pyridine rings is 2. The molecule has 0 N–H and O–H groups in total. The van der Waals surface area contributed by atoms with E-state index in [1.54, 1.807) is 0 Å². The molecule has 7 aromatic carbocycles. The van der Waals surface area contributed by atoms with Crippen LogP contribution in [0.15, 0.2) is 194 Å². The van der Waals surface area contributed by atoms with Crippen molar-refractivity contribution in [3.05, 3.63) is 194 Å². The van der Waals surface area contributed by atoms with E-state index >= 15 is 0 Å². The summed E-state index contributed by atoms with van der Waals surface area (Å²) in [4.78, 5) is 10.4. The molecule has 2 aromatic heterocycles. The predicted octanol–water partition coefficient (Wildman–Crippen LogP) is 12.8. The normalized spacial score (nSPS) is 11.2. The molecule has 234 valence electrons. The third-order valence-corrected chi connectivity index (χ3v) is 9.46. The van der Waals surface area contributed by atoms with E-state index in [2.05, 4.69) is 182 Å². The average Bonchev–Trinajstić information content (AvgIpc) is 3.21. The molecule has 0 bridgehead atoms. The van der Waals surface area contributed by atoms with Crippen molar-refractivity contribution in [1.29, 1.82) is 0 Å². The zero-order valence-corrected chi connectivity index (χ0v) is 27.4. The van der Waals surface area contributed by atoms with Crippen LogP contribution in [-0.2, 0) is 0 Å². The molecule has 0 radical (unpaired) electrons. The molecule has 2 nitrogen and oxygen atoms in total. The summed E-state index contributed by atoms with van der Waals surface area (Å²) in [5.41, 5.74) is 14.1. The summed E-state index contributed by atoms with van der Waals surface area (Å²) >= 11 is 0. The number of nitrogens with zero attached hydrogens (tertiary/aromatic N) is 2. The van der Waals surface area contributed by atoms with E-state index in [1.165, 1.54) is 32.8 Å². The molecule has 0 fully saturated rings. The maximum Gasteiger partial charge on any atom is 0.0728 e. The molecule has 0 atom stereocenters. The average molecular weight is 637 g/mol. The molecule has 0 saturated carbocycles. The summed E-state index contributed by atoms with van der Waals surface area (Å²) in [5.74, 6) is 0. The Labute approximate surface area is 292 Å². The Hall–Kier alpha value is -6.64. The first-order chi connectivity index (χ1) is 24.8. The molecule has 9 rings (SSSR count). The molecule has 9 aromatic rings. The predicted molar refractivity (Wildman–Crippen MR) is 210 cm³/mol. The third kappa shape index (κ3) is 5.53. The van der Waals surface area contributed by atoms with Gasteiger partial charge in [-0.25, -0.2) is 9.97 Å². The van der Waals surface area contributed by atoms with E-state index in [1.807, 2.05) is 12.1 Å². The smallest absolute Gasteiger partial charge is 0.0728 e. The highest BCUT2D eigenvalue weighted by Crippen LogP contribution is 2.41. The molecule has 0 spiro atoms. The SMILES string of the molecule is c1ccc(-c2cc(-c3ccc(-c4cc5nc(-c6ccccc6)cc(-c6ccccc6)c5c5ccccc45)cc3)cc(-c3ccccc3)n2)cc1. The standard InChI is InChI=1S/C48H32N2/c1-5-15-34(16-6-1)43-32-46(38-21-11-4-12-22-38)50-47-31-42(40-23-13-14-24-41(40)48(43)47)35-27-25-33(26-28-35)39-29-44(36-17-7-2-8-18-36)49-45(30-39)37-19-9-3-10-20-37/h1-32H. The van der Waals surface area contributed by atoms with Crippen LogP contribution < -0.4 is 0 Å². The van der Waals surface area contributed by atoms with Gasteiger partial charge in [-0.1, -0.05) is 170 Å². The third-order valence-electron chi connectivity index (χ3n) is 9.46. The van der Waals surface area contributed by atoms with Crippen LogP contribution in [0.5, 0.6) is 0 Å². The monoisotopic (exact) mass is 636 g/mol. The summed E-state index contributed by atoms with van der Waals surface area (Å²) in [7, 11) is 0. The minimum atomic E-state index is 0.959. The van der Waals surface area contributed by atoms with Gasteiger partial charge in [-0.05, 0) is 68.4 Å². The fourth-order valence-electron chi connectivity index (χ4n) is 7.00. The van der Waals surface area contributed by atoms with Gasteiger partial charge >= 0.3 is 0 Å². The summed E-state index contributed by atoms with van der Waals surface area (Å²) in [6.07, 6.45) is 0. The van der Waals surface area contributed by atoms with Gasteiger partial charge in [-0.2, -0.15) is 0 Å². The molecule has 0 aliphatic carbocycles. The van der Waals surface area contributed by atoms with Gasteiger partial charge in [0.25, 0.3) is 0 Å². The molecule has 50 heavy (non-hydrogen) atoms. The summed E-state index contributed by atoms with van der Waals surface area (Å²) in [6, 6.07) is 68.6. The van der Waals surface area contributed by atoms with Gasteiger partial charge in [0.2, 0.25) is 0 Å². The van der Waals surface area contributed by atoms with Crippen molar-refractivity contribution in [2.75, 3.05) is 0 Å². The zero-order chi connectivity index (χ0) is 33.3. The van der Waals surface area contributed by atoms with Crippen molar-refractivity contribution in [3.8, 4) is 67.2 Å². The fourth-order valence-corrected chi connectivity index (χ4v) is 7.00. The zero-order valence-electron chi connectivity index (χ0n) is 27.4. The van der Waals surface area contributed by atoms with Crippen LogP contribution in [0.1, 0.15) is 0 Å². The lowest BCUT2D eigenvalue weighted by Gasteiger charge is -2.16. The minimum Gasteiger partial charge on any atom is -0.248 e. The summed E-state index contributed by atoms with van der Waals surface area (Å²) < 4.78 is 0. The number of hydrogen-bond acceptors (Lipinski definition) is 2. The molecule has 0 aliphatic rings. The fraction of sp³-hybridized carbons (Fsp3) is 0. The van der Waals surface area contributed by atoms with Crippen LogP contribution in [0.25, 0.3) is 88.8 Å². The molecule has 2 heterocycles. The van der Waals surface area contributed by atoms with Crippen LogP contribution in [-0.4, -0.2) is 9.97 Å². The van der Waals surface area contributed by atoms with Crippen molar-refractivity contribution in [1.82, 2.24) is 9.97 Å². The van der Waals surface area contributed by atoms with Gasteiger partial charge in [-0.3, -0.25) is 0 Å². The van der Waals surface area contributed by atoms with E-state index < -0.39 is 0 Å². The number of fused-ring (bicyclic) bond motifs is 3. The van der Waals surface area contributed by atoms with Crippen LogP contribution in [0.4, 0.5) is 0 Å². The second-order valence-corrected chi connectivity index (χ2v) is 12.6. The minimum absolute atomic E-state index is 0.959. The van der Waals surface area contributed by atoms with Crippen molar-refractivity contribution < 1.29 is 0 Å². The van der Waals surface area contributed by atoms with Crippen LogP contribution in [0, 0.1) is 0 Å². The number of hydrogen-bond donors (Lipinski definition) is 0. The van der Waals surface area contributed by atoms with Crippen molar-refractivity contribution in [3.63, 3.8) is 0 Å². The van der Waals surface area contributed by atoms with Crippen molar-refractivity contribution in [2.45, 2.75) is 0 Å². The molecular weight excluding hydrogens is 605 g/mol. The second kappa shape index (κ2) is 12.8. The van der Waals surface area contributed by atoms with Gasteiger partial charge in [0.05, 0.1) is 22.6 Å². The number of aromatic nitrogens is 2. The molecule has 0 aliphatic heterocycles. The first kappa shape index (κ1) is 29.5. The highest BCUT2D eigenvalue weighted by atomic mass is 14.7. The largest absolute Gasteiger partial charge is 0.248 e. The van der Waals surface area contributed by atoms with E-state index in [0.29, 0.717) is 0 Å². The Bertz CT molecular complexity index is 2540. The lowest BCUT2D eigenvalue weighted by Crippen LogP contribution is -1.93. The van der Waals surface area contributed by atoms with Crippen LogP contribution in [0.2, 0.25) is 0 Å². The maximum atomic E-state index is 5.30. The summed E-state index contributed by atoms with van der Waals surface area (Å²) in [6.45, 7) is 0. The first-order valence-corrected chi connectivity index (χ1v) is 17.0. The molecule has 0 unspecified atom stereocenters. The Morgan fingerprint density at radius 3 is 1.22 bits per heavy atom. The maximum absolute atomic E-state index is 5.30. The Balaban J connectivity index is 1.21. The number of benzene rings is 7. The van der Waals surface area contributed by atoms with E-state index in [9.17, 15) is 0 Å². The van der Waals surface area contributed by atoms with Crippen molar-refractivity contribution >= 4 is 21.7 Å². The number of rotatable bonds is 6. The lowest BCUT2D eigenvalue weighted by molar-refractivity contribution is 1.32. The quantitative estimate of drug-likeness (QED) is 0.170. The van der Waals surface area contributed by atoms with Gasteiger partial charge in [0, 0.05) is 22.1 Å². The molecule has 0 amide bonds. The van der Waals surface area contributed by atoms with E-state index in [4.69, 9.17) is 9.97 Å². The first-order valence-electron chi connectivity index (χ1n) is 17.0. The Kier molecular flexibility index (Phi) is 7.53. The van der Waals surface area contributed by atoms with Gasteiger partial charge < -0.3 is 0 Å². The highest BCUT2D eigenvalue weighted by Gasteiger charge is 2.16. The Morgan fingerprint density at radius 2 is 0.680 bits per heavy atom.